The van der Waals surface area contributed by atoms with Crippen molar-refractivity contribution in [2.75, 3.05) is 13.2 Å². The number of esters is 7. The number of thioether (sulfide) groups is 1. The standard InChI is InChI=1S/C26H34O16S/c1-11(27)34-8-18-21(37-13(3)29)23(39-15(5)31)20(10-36-18)43-26-25(41-17(7)33)24(40-16(6)32)22(38-14(4)30)19(42-26)9-35-12(2)28/h10,18-19,21-26H,8-9H2,1-7H3/t18-,19-,21-,22-,23-,24+,25-,26+/m1/s1. The summed E-state index contributed by atoms with van der Waals surface area (Å²) in [6.07, 6.45) is -8.07. The van der Waals surface area contributed by atoms with Crippen molar-refractivity contribution in [2.45, 2.75) is 96.6 Å². The summed E-state index contributed by atoms with van der Waals surface area (Å²) < 4.78 is 48.9. The molecular weight excluding hydrogens is 600 g/mol. The molecule has 0 unspecified atom stereocenters. The molecule has 1 saturated heterocycles. The maximum Gasteiger partial charge on any atom is 0.303 e. The van der Waals surface area contributed by atoms with Gasteiger partial charge in [0.05, 0.1) is 11.2 Å². The molecule has 16 nitrogen and oxygen atoms in total. The van der Waals surface area contributed by atoms with E-state index in [0.717, 1.165) is 66.5 Å². The molecule has 43 heavy (non-hydrogen) atoms. The van der Waals surface area contributed by atoms with Crippen molar-refractivity contribution in [2.24, 2.45) is 0 Å². The second-order valence-corrected chi connectivity index (χ2v) is 10.5. The van der Waals surface area contributed by atoms with Crippen molar-refractivity contribution >= 4 is 53.5 Å². The summed E-state index contributed by atoms with van der Waals surface area (Å²) in [6, 6.07) is 0. The number of carbonyl (C=O) groups excluding carboxylic acids is 7. The lowest BCUT2D eigenvalue weighted by Gasteiger charge is -2.45. The van der Waals surface area contributed by atoms with E-state index in [1.165, 1.54) is 0 Å². The van der Waals surface area contributed by atoms with Gasteiger partial charge in [-0.05, 0) is 0 Å². The van der Waals surface area contributed by atoms with E-state index < -0.39 is 96.6 Å². The van der Waals surface area contributed by atoms with E-state index in [9.17, 15) is 33.6 Å². The normalized spacial score (nSPS) is 28.1. The lowest BCUT2D eigenvalue weighted by Crippen LogP contribution is -2.61. The van der Waals surface area contributed by atoms with Crippen molar-refractivity contribution in [3.63, 3.8) is 0 Å². The molecule has 2 aliphatic heterocycles. The minimum Gasteiger partial charge on any atom is -0.489 e. The molecule has 0 bridgehead atoms. The lowest BCUT2D eigenvalue weighted by atomic mass is 9.99. The summed E-state index contributed by atoms with van der Waals surface area (Å²) in [7, 11) is 0. The van der Waals surface area contributed by atoms with Crippen molar-refractivity contribution in [3.05, 3.63) is 11.2 Å². The third-order valence-electron chi connectivity index (χ3n) is 5.55. The van der Waals surface area contributed by atoms with E-state index in [4.69, 9.17) is 42.6 Å². The molecule has 0 spiro atoms. The minimum atomic E-state index is -1.45. The Kier molecular flexibility index (Phi) is 13.2. The van der Waals surface area contributed by atoms with Crippen LogP contribution < -0.4 is 0 Å². The summed E-state index contributed by atoms with van der Waals surface area (Å²) in [6.45, 7) is 6.94. The molecule has 0 aromatic heterocycles. The van der Waals surface area contributed by atoms with Gasteiger partial charge in [-0.25, -0.2) is 0 Å². The first-order chi connectivity index (χ1) is 20.1. The highest BCUT2D eigenvalue weighted by Crippen LogP contribution is 2.41. The van der Waals surface area contributed by atoms with Crippen molar-refractivity contribution in [3.8, 4) is 0 Å². The molecule has 0 aromatic rings. The predicted molar refractivity (Wildman–Crippen MR) is 140 cm³/mol. The van der Waals surface area contributed by atoms with Gasteiger partial charge in [-0.1, -0.05) is 11.8 Å². The predicted octanol–water partition coefficient (Wildman–Crippen LogP) is 0.469. The van der Waals surface area contributed by atoms with E-state index in [-0.39, 0.29) is 11.5 Å². The maximum atomic E-state index is 12.1. The molecule has 2 rings (SSSR count). The molecule has 0 aliphatic carbocycles. The van der Waals surface area contributed by atoms with Gasteiger partial charge in [-0.2, -0.15) is 0 Å². The highest BCUT2D eigenvalue weighted by Gasteiger charge is 2.54. The first-order valence-electron chi connectivity index (χ1n) is 12.9. The lowest BCUT2D eigenvalue weighted by molar-refractivity contribution is -0.237. The van der Waals surface area contributed by atoms with Crippen LogP contribution in [-0.2, 0) is 76.2 Å². The van der Waals surface area contributed by atoms with Gasteiger partial charge < -0.3 is 42.6 Å². The van der Waals surface area contributed by atoms with Gasteiger partial charge in [0.2, 0.25) is 0 Å². The number of hydrogen-bond donors (Lipinski definition) is 0. The summed E-state index contributed by atoms with van der Waals surface area (Å²) in [5.74, 6) is -5.32. The molecule has 240 valence electrons. The third kappa shape index (κ3) is 11.1. The van der Waals surface area contributed by atoms with E-state index in [1.54, 1.807) is 0 Å². The number of hydrogen-bond acceptors (Lipinski definition) is 17. The number of carbonyl (C=O) groups is 7. The van der Waals surface area contributed by atoms with Crippen LogP contribution in [0.2, 0.25) is 0 Å². The van der Waals surface area contributed by atoms with Crippen molar-refractivity contribution in [1.29, 1.82) is 0 Å². The smallest absolute Gasteiger partial charge is 0.303 e. The van der Waals surface area contributed by atoms with Crippen LogP contribution in [0.25, 0.3) is 0 Å². The average molecular weight is 635 g/mol. The second kappa shape index (κ2) is 16.1. The first-order valence-corrected chi connectivity index (χ1v) is 13.8. The molecular formula is C26H34O16S. The van der Waals surface area contributed by atoms with Crippen LogP contribution in [0.4, 0.5) is 0 Å². The quantitative estimate of drug-likeness (QED) is 0.224. The van der Waals surface area contributed by atoms with Gasteiger partial charge in [0, 0.05) is 48.5 Å². The molecule has 0 aromatic carbocycles. The molecule has 2 heterocycles. The van der Waals surface area contributed by atoms with Crippen LogP contribution in [0, 0.1) is 0 Å². The zero-order valence-electron chi connectivity index (χ0n) is 24.6. The molecule has 0 amide bonds. The third-order valence-corrected chi connectivity index (χ3v) is 6.76. The summed E-state index contributed by atoms with van der Waals surface area (Å²) in [5, 5.41) is 0. The second-order valence-electron chi connectivity index (χ2n) is 9.29. The Labute approximate surface area is 250 Å². The molecule has 0 saturated carbocycles. The van der Waals surface area contributed by atoms with Crippen molar-refractivity contribution in [1.82, 2.24) is 0 Å². The Hall–Kier alpha value is -3.86. The average Bonchev–Trinajstić information content (AvgIpc) is 2.86. The zero-order valence-corrected chi connectivity index (χ0v) is 25.4. The highest BCUT2D eigenvalue weighted by atomic mass is 32.2. The monoisotopic (exact) mass is 634 g/mol. The molecule has 17 heteroatoms. The van der Waals surface area contributed by atoms with Crippen LogP contribution in [0.1, 0.15) is 48.5 Å². The molecule has 8 atom stereocenters. The number of ether oxygens (including phenoxy) is 9. The van der Waals surface area contributed by atoms with Gasteiger partial charge in [-0.3, -0.25) is 33.6 Å². The fourth-order valence-electron chi connectivity index (χ4n) is 4.14. The molecule has 0 N–H and O–H groups in total. The maximum absolute atomic E-state index is 12.1. The van der Waals surface area contributed by atoms with Crippen molar-refractivity contribution < 1.29 is 76.2 Å². The largest absolute Gasteiger partial charge is 0.489 e. The van der Waals surface area contributed by atoms with Crippen LogP contribution in [-0.4, -0.2) is 103 Å². The van der Waals surface area contributed by atoms with Crippen LogP contribution in [0.15, 0.2) is 11.2 Å². The Balaban J connectivity index is 2.58. The Bertz CT molecular complexity index is 1120. The fourth-order valence-corrected chi connectivity index (χ4v) is 5.37. The number of rotatable bonds is 11. The Morgan fingerprint density at radius 3 is 1.51 bits per heavy atom. The van der Waals surface area contributed by atoms with E-state index in [1.807, 2.05) is 0 Å². The SMILES string of the molecule is CC(=O)OC[C@H]1O[C@@H](SC2=CO[C@H](COC(C)=O)[C@@H](OC(C)=O)[C@@H]2OC(C)=O)[C@H](OC(C)=O)[C@@H](OC(C)=O)[C@@H]1OC(C)=O. The molecule has 1 fully saturated rings. The first kappa shape index (κ1) is 35.3. The summed E-state index contributed by atoms with van der Waals surface area (Å²) in [4.78, 5) is 83.4. The summed E-state index contributed by atoms with van der Waals surface area (Å²) in [5.41, 5.74) is -1.29. The van der Waals surface area contributed by atoms with Gasteiger partial charge in [-0.15, -0.1) is 0 Å². The van der Waals surface area contributed by atoms with E-state index in [0.29, 0.717) is 0 Å². The highest BCUT2D eigenvalue weighted by molar-refractivity contribution is 8.03. The van der Waals surface area contributed by atoms with Crippen LogP contribution in [0.5, 0.6) is 0 Å². The van der Waals surface area contributed by atoms with E-state index >= 15 is 0 Å². The van der Waals surface area contributed by atoms with Gasteiger partial charge in [0.1, 0.15) is 24.8 Å². The van der Waals surface area contributed by atoms with E-state index in [2.05, 4.69) is 0 Å². The van der Waals surface area contributed by atoms with Crippen LogP contribution >= 0.6 is 11.8 Å². The summed E-state index contributed by atoms with van der Waals surface area (Å²) >= 11 is 0.777. The fraction of sp³-hybridized carbons (Fsp3) is 0.654. The van der Waals surface area contributed by atoms with Gasteiger partial charge in [0.15, 0.2) is 36.6 Å². The van der Waals surface area contributed by atoms with Gasteiger partial charge in [0.25, 0.3) is 0 Å². The Morgan fingerprint density at radius 2 is 1.02 bits per heavy atom. The van der Waals surface area contributed by atoms with Gasteiger partial charge >= 0.3 is 41.8 Å². The minimum absolute atomic E-state index is 0.0847. The topological polar surface area (TPSA) is 203 Å². The molecule has 0 radical (unpaired) electrons. The Morgan fingerprint density at radius 1 is 0.581 bits per heavy atom. The zero-order chi connectivity index (χ0) is 32.4. The van der Waals surface area contributed by atoms with Crippen LogP contribution in [0.3, 0.4) is 0 Å². The molecule has 2 aliphatic rings.